The fourth-order valence-electron chi connectivity index (χ4n) is 1.63. The molecule has 78 valence electrons. The minimum atomic E-state index is 0.322. The Morgan fingerprint density at radius 3 is 2.43 bits per heavy atom. The van der Waals surface area contributed by atoms with Gasteiger partial charge in [-0.3, -0.25) is 0 Å². The van der Waals surface area contributed by atoms with Crippen LogP contribution >= 0.6 is 0 Å². The monoisotopic (exact) mass is 193 g/mol. The van der Waals surface area contributed by atoms with E-state index in [4.69, 9.17) is 0 Å². The van der Waals surface area contributed by atoms with E-state index in [-0.39, 0.29) is 0 Å². The van der Waals surface area contributed by atoms with Gasteiger partial charge < -0.3 is 10.4 Å². The number of rotatable bonds is 4. The van der Waals surface area contributed by atoms with E-state index in [0.717, 1.165) is 12.1 Å². The van der Waals surface area contributed by atoms with E-state index in [2.05, 4.69) is 26.1 Å². The molecule has 0 aromatic heterocycles. The van der Waals surface area contributed by atoms with Gasteiger partial charge in [0.15, 0.2) is 0 Å². The van der Waals surface area contributed by atoms with Gasteiger partial charge in [0.1, 0.15) is 5.75 Å². The largest absolute Gasteiger partial charge is 0.506 e. The van der Waals surface area contributed by atoms with Crippen molar-refractivity contribution in [1.82, 2.24) is 0 Å². The Hall–Kier alpha value is -1.18. The third-order valence-electron chi connectivity index (χ3n) is 2.13. The molecule has 14 heavy (non-hydrogen) atoms. The van der Waals surface area contributed by atoms with Crippen molar-refractivity contribution < 1.29 is 5.11 Å². The van der Waals surface area contributed by atoms with Gasteiger partial charge >= 0.3 is 0 Å². The van der Waals surface area contributed by atoms with Crippen molar-refractivity contribution in [3.63, 3.8) is 0 Å². The summed E-state index contributed by atoms with van der Waals surface area (Å²) >= 11 is 0. The van der Waals surface area contributed by atoms with Crippen LogP contribution in [-0.4, -0.2) is 11.1 Å². The fraction of sp³-hybridized carbons (Fsp3) is 0.500. The molecule has 0 saturated carbocycles. The molecule has 2 N–H and O–H groups in total. The first kappa shape index (κ1) is 10.9. The van der Waals surface area contributed by atoms with E-state index >= 15 is 0 Å². The molecule has 2 nitrogen and oxygen atoms in total. The fourth-order valence-corrected chi connectivity index (χ4v) is 1.63. The Bertz CT molecular complexity index is 283. The summed E-state index contributed by atoms with van der Waals surface area (Å²) in [6.45, 7) is 6.53. The molecule has 0 heterocycles. The number of nitrogens with one attached hydrogen (secondary N) is 1. The van der Waals surface area contributed by atoms with E-state index in [1.165, 1.54) is 0 Å². The van der Waals surface area contributed by atoms with Crippen LogP contribution in [0.1, 0.15) is 27.2 Å². The predicted molar refractivity (Wildman–Crippen MR) is 60.6 cm³/mol. The second kappa shape index (κ2) is 4.89. The summed E-state index contributed by atoms with van der Waals surface area (Å²) in [6, 6.07) is 7.73. The number of hydrogen-bond donors (Lipinski definition) is 2. The lowest BCUT2D eigenvalue weighted by Gasteiger charge is -2.17. The third-order valence-corrected chi connectivity index (χ3v) is 2.13. The quantitative estimate of drug-likeness (QED) is 0.719. The molecule has 1 atom stereocenters. The number of anilines is 1. The average Bonchev–Trinajstić information content (AvgIpc) is 2.07. The minimum absolute atomic E-state index is 0.322. The van der Waals surface area contributed by atoms with Crippen LogP contribution < -0.4 is 5.32 Å². The lowest BCUT2D eigenvalue weighted by molar-refractivity contribution is 0.474. The highest BCUT2D eigenvalue weighted by atomic mass is 16.3. The highest BCUT2D eigenvalue weighted by Crippen LogP contribution is 2.23. The molecule has 1 rings (SSSR count). The Morgan fingerprint density at radius 1 is 1.21 bits per heavy atom. The van der Waals surface area contributed by atoms with Crippen LogP contribution in [0.4, 0.5) is 5.69 Å². The zero-order valence-electron chi connectivity index (χ0n) is 9.12. The third kappa shape index (κ3) is 3.29. The van der Waals surface area contributed by atoms with Crippen LogP contribution in [-0.2, 0) is 0 Å². The van der Waals surface area contributed by atoms with Gasteiger partial charge in [-0.1, -0.05) is 26.0 Å². The summed E-state index contributed by atoms with van der Waals surface area (Å²) in [5.74, 6) is 0.992. The molecule has 0 aliphatic heterocycles. The van der Waals surface area contributed by atoms with E-state index in [1.54, 1.807) is 6.07 Å². The molecule has 0 amide bonds. The molecule has 2 heteroatoms. The first-order chi connectivity index (χ1) is 6.59. The van der Waals surface area contributed by atoms with Crippen molar-refractivity contribution in [2.75, 3.05) is 5.32 Å². The van der Waals surface area contributed by atoms with Crippen LogP contribution in [0.15, 0.2) is 24.3 Å². The normalized spacial score (nSPS) is 12.9. The van der Waals surface area contributed by atoms with Crippen molar-refractivity contribution in [3.05, 3.63) is 24.3 Å². The van der Waals surface area contributed by atoms with Gasteiger partial charge in [0.25, 0.3) is 0 Å². The number of phenolic OH excluding ortho intramolecular Hbond substituents is 1. The average molecular weight is 193 g/mol. The zero-order valence-corrected chi connectivity index (χ0v) is 9.12. The number of hydrogen-bond acceptors (Lipinski definition) is 2. The topological polar surface area (TPSA) is 32.3 Å². The second-order valence-electron chi connectivity index (χ2n) is 4.19. The first-order valence-corrected chi connectivity index (χ1v) is 5.14. The molecule has 1 aromatic rings. The van der Waals surface area contributed by atoms with Crippen molar-refractivity contribution in [2.24, 2.45) is 5.92 Å². The van der Waals surface area contributed by atoms with Gasteiger partial charge in [0.05, 0.1) is 5.69 Å². The summed E-state index contributed by atoms with van der Waals surface area (Å²) in [5.41, 5.74) is 0.820. The van der Waals surface area contributed by atoms with Gasteiger partial charge in [-0.15, -0.1) is 0 Å². The predicted octanol–water partition coefficient (Wildman–Crippen LogP) is 3.24. The summed E-state index contributed by atoms with van der Waals surface area (Å²) in [5, 5.41) is 12.8. The van der Waals surface area contributed by atoms with E-state index in [0.29, 0.717) is 17.7 Å². The van der Waals surface area contributed by atoms with E-state index < -0.39 is 0 Å². The summed E-state index contributed by atoms with van der Waals surface area (Å²) in [7, 11) is 0. The van der Waals surface area contributed by atoms with Crippen LogP contribution in [0.25, 0.3) is 0 Å². The molecular weight excluding hydrogens is 174 g/mol. The van der Waals surface area contributed by atoms with E-state index in [1.807, 2.05) is 18.2 Å². The van der Waals surface area contributed by atoms with Crippen LogP contribution in [0.2, 0.25) is 0 Å². The highest BCUT2D eigenvalue weighted by molar-refractivity contribution is 5.55. The van der Waals surface area contributed by atoms with Crippen molar-refractivity contribution in [3.8, 4) is 5.75 Å². The molecule has 1 unspecified atom stereocenters. The number of phenols is 1. The summed E-state index contributed by atoms with van der Waals surface area (Å²) in [4.78, 5) is 0. The van der Waals surface area contributed by atoms with Crippen LogP contribution in [0, 0.1) is 5.92 Å². The SMILES string of the molecule is CC(C)CC(C)Nc1ccccc1O. The molecular formula is C12H19NO. The minimum Gasteiger partial charge on any atom is -0.506 e. The molecule has 0 fully saturated rings. The van der Waals surface area contributed by atoms with Gasteiger partial charge in [0.2, 0.25) is 0 Å². The lowest BCUT2D eigenvalue weighted by atomic mass is 10.1. The van der Waals surface area contributed by atoms with Gasteiger partial charge in [-0.25, -0.2) is 0 Å². The molecule has 1 aromatic carbocycles. The van der Waals surface area contributed by atoms with Gasteiger partial charge in [-0.2, -0.15) is 0 Å². The van der Waals surface area contributed by atoms with E-state index in [9.17, 15) is 5.11 Å². The van der Waals surface area contributed by atoms with Gasteiger partial charge in [-0.05, 0) is 31.4 Å². The van der Waals surface area contributed by atoms with Crippen molar-refractivity contribution in [1.29, 1.82) is 0 Å². The molecule has 0 spiro atoms. The lowest BCUT2D eigenvalue weighted by Crippen LogP contribution is -2.17. The standard InChI is InChI=1S/C12H19NO/c1-9(2)8-10(3)13-11-6-4-5-7-12(11)14/h4-7,9-10,13-14H,8H2,1-3H3. The zero-order chi connectivity index (χ0) is 10.6. The Labute approximate surface area is 86.0 Å². The summed E-state index contributed by atoms with van der Waals surface area (Å²) < 4.78 is 0. The highest BCUT2D eigenvalue weighted by Gasteiger charge is 2.06. The number of aromatic hydroxyl groups is 1. The van der Waals surface area contributed by atoms with Gasteiger partial charge in [0, 0.05) is 6.04 Å². The molecule has 0 bridgehead atoms. The van der Waals surface area contributed by atoms with Crippen molar-refractivity contribution >= 4 is 5.69 Å². The number of benzene rings is 1. The Kier molecular flexibility index (Phi) is 3.81. The smallest absolute Gasteiger partial charge is 0.138 e. The molecule has 0 radical (unpaired) electrons. The van der Waals surface area contributed by atoms with Crippen LogP contribution in [0.5, 0.6) is 5.75 Å². The van der Waals surface area contributed by atoms with Crippen molar-refractivity contribution in [2.45, 2.75) is 33.2 Å². The summed E-state index contributed by atoms with van der Waals surface area (Å²) in [6.07, 6.45) is 1.11. The first-order valence-electron chi connectivity index (χ1n) is 5.14. The molecule has 0 aliphatic carbocycles. The van der Waals surface area contributed by atoms with Crippen LogP contribution in [0.3, 0.4) is 0 Å². The Balaban J connectivity index is 2.56. The molecule has 0 aliphatic rings. The molecule has 0 saturated heterocycles. The maximum Gasteiger partial charge on any atom is 0.138 e. The maximum atomic E-state index is 9.53. The Morgan fingerprint density at radius 2 is 1.86 bits per heavy atom. The second-order valence-corrected chi connectivity index (χ2v) is 4.19. The maximum absolute atomic E-state index is 9.53. The number of para-hydroxylation sites is 2.